The Hall–Kier alpha value is -3.23. The Kier molecular flexibility index (Phi) is 4.37. The number of carbonyl (C=O) groups excluding carboxylic acids is 1. The number of fused-ring (bicyclic) bond motifs is 1. The molecule has 9 heteroatoms. The van der Waals surface area contributed by atoms with Gasteiger partial charge in [-0.1, -0.05) is 18.2 Å². The number of hydrogen-bond acceptors (Lipinski definition) is 4. The second-order valence-electron chi connectivity index (χ2n) is 6.56. The lowest BCUT2D eigenvalue weighted by molar-refractivity contribution is -0.174. The van der Waals surface area contributed by atoms with E-state index in [9.17, 15) is 18.0 Å². The number of benzene rings is 1. The van der Waals surface area contributed by atoms with Crippen molar-refractivity contribution in [2.75, 3.05) is 17.3 Å². The van der Waals surface area contributed by atoms with Crippen molar-refractivity contribution >= 4 is 17.4 Å². The number of amides is 1. The number of furan rings is 1. The van der Waals surface area contributed by atoms with Crippen LogP contribution in [0.5, 0.6) is 0 Å². The number of aromatic nitrogens is 2. The van der Waals surface area contributed by atoms with Crippen LogP contribution in [0.2, 0.25) is 0 Å². The first-order valence-electron chi connectivity index (χ1n) is 8.64. The molecule has 3 aromatic rings. The predicted molar refractivity (Wildman–Crippen MR) is 96.2 cm³/mol. The molecule has 146 valence electrons. The van der Waals surface area contributed by atoms with Gasteiger partial charge in [0.15, 0.2) is 11.7 Å². The van der Waals surface area contributed by atoms with Crippen molar-refractivity contribution in [3.8, 4) is 0 Å². The molecule has 1 aliphatic rings. The van der Waals surface area contributed by atoms with Crippen LogP contribution >= 0.6 is 0 Å². The lowest BCUT2D eigenvalue weighted by Gasteiger charge is -2.32. The SMILES string of the molecule is CN(C(=O)c1cc2n(n1)[C@H](C(F)(F)F)C[C@H](c1ccco1)N2)c1ccccc1. The van der Waals surface area contributed by atoms with E-state index in [1.165, 1.54) is 17.2 Å². The molecule has 0 saturated heterocycles. The zero-order chi connectivity index (χ0) is 19.9. The van der Waals surface area contributed by atoms with Crippen LogP contribution in [0.1, 0.15) is 34.8 Å². The van der Waals surface area contributed by atoms with Crippen LogP contribution in [0, 0.1) is 0 Å². The normalized spacial score (nSPS) is 19.0. The average molecular weight is 390 g/mol. The van der Waals surface area contributed by atoms with Gasteiger partial charge in [0.1, 0.15) is 11.6 Å². The third-order valence-corrected chi connectivity index (χ3v) is 4.74. The summed E-state index contributed by atoms with van der Waals surface area (Å²) in [5.41, 5.74) is 0.551. The van der Waals surface area contributed by atoms with Gasteiger partial charge in [0.05, 0.1) is 12.3 Å². The molecule has 1 N–H and O–H groups in total. The van der Waals surface area contributed by atoms with Gasteiger partial charge in [0, 0.05) is 25.2 Å². The van der Waals surface area contributed by atoms with E-state index >= 15 is 0 Å². The van der Waals surface area contributed by atoms with Gasteiger partial charge in [-0.05, 0) is 24.3 Å². The molecule has 4 rings (SSSR count). The fourth-order valence-electron chi connectivity index (χ4n) is 3.29. The molecule has 0 bridgehead atoms. The van der Waals surface area contributed by atoms with Crippen molar-refractivity contribution in [2.45, 2.75) is 24.7 Å². The highest BCUT2D eigenvalue weighted by molar-refractivity contribution is 6.04. The van der Waals surface area contributed by atoms with Gasteiger partial charge in [-0.3, -0.25) is 4.79 Å². The summed E-state index contributed by atoms with van der Waals surface area (Å²) in [7, 11) is 1.55. The zero-order valence-corrected chi connectivity index (χ0v) is 14.8. The van der Waals surface area contributed by atoms with E-state index in [2.05, 4.69) is 10.4 Å². The van der Waals surface area contributed by atoms with Gasteiger partial charge in [-0.15, -0.1) is 0 Å². The van der Waals surface area contributed by atoms with Gasteiger partial charge >= 0.3 is 6.18 Å². The van der Waals surface area contributed by atoms with Gasteiger partial charge in [0.2, 0.25) is 0 Å². The fourth-order valence-corrected chi connectivity index (χ4v) is 3.29. The van der Waals surface area contributed by atoms with Crippen LogP contribution in [0.3, 0.4) is 0 Å². The number of nitrogens with zero attached hydrogens (tertiary/aromatic N) is 3. The van der Waals surface area contributed by atoms with Gasteiger partial charge < -0.3 is 14.6 Å². The van der Waals surface area contributed by atoms with E-state index < -0.39 is 24.2 Å². The largest absolute Gasteiger partial charge is 0.467 e. The summed E-state index contributed by atoms with van der Waals surface area (Å²) in [6.45, 7) is 0. The summed E-state index contributed by atoms with van der Waals surface area (Å²) in [5, 5.41) is 6.96. The molecule has 6 nitrogen and oxygen atoms in total. The molecule has 28 heavy (non-hydrogen) atoms. The third-order valence-electron chi connectivity index (χ3n) is 4.74. The van der Waals surface area contributed by atoms with E-state index in [0.29, 0.717) is 11.4 Å². The first-order chi connectivity index (χ1) is 13.3. The minimum Gasteiger partial charge on any atom is -0.467 e. The lowest BCUT2D eigenvalue weighted by Crippen LogP contribution is -2.35. The quantitative estimate of drug-likeness (QED) is 0.720. The van der Waals surface area contributed by atoms with Crippen molar-refractivity contribution in [3.63, 3.8) is 0 Å². The van der Waals surface area contributed by atoms with Crippen molar-refractivity contribution in [1.29, 1.82) is 0 Å². The molecule has 0 spiro atoms. The summed E-state index contributed by atoms with van der Waals surface area (Å²) in [4.78, 5) is 14.1. The number of para-hydroxylation sites is 1. The highest BCUT2D eigenvalue weighted by atomic mass is 19.4. The highest BCUT2D eigenvalue weighted by Gasteiger charge is 2.47. The van der Waals surface area contributed by atoms with Crippen LogP contribution < -0.4 is 10.2 Å². The Labute approximate surface area is 158 Å². The summed E-state index contributed by atoms with van der Waals surface area (Å²) in [6.07, 6.45) is -3.39. The number of carbonyl (C=O) groups is 1. The van der Waals surface area contributed by atoms with Crippen LogP contribution in [0.4, 0.5) is 24.7 Å². The molecular formula is C19H17F3N4O2. The lowest BCUT2D eigenvalue weighted by atomic mass is 10.0. The van der Waals surface area contributed by atoms with Crippen molar-refractivity contribution < 1.29 is 22.4 Å². The van der Waals surface area contributed by atoms with Crippen molar-refractivity contribution in [2.24, 2.45) is 0 Å². The molecule has 0 aliphatic carbocycles. The summed E-state index contributed by atoms with van der Waals surface area (Å²) in [6, 6.07) is 10.9. The Morgan fingerprint density at radius 3 is 2.64 bits per heavy atom. The van der Waals surface area contributed by atoms with Gasteiger partial charge in [0.25, 0.3) is 5.91 Å². The Balaban J connectivity index is 1.68. The first kappa shape index (κ1) is 18.1. The Bertz CT molecular complexity index is 967. The third kappa shape index (κ3) is 3.23. The van der Waals surface area contributed by atoms with E-state index in [4.69, 9.17) is 4.42 Å². The molecule has 0 radical (unpaired) electrons. The van der Waals surface area contributed by atoms with Crippen molar-refractivity contribution in [3.05, 3.63) is 66.2 Å². The molecule has 1 aliphatic heterocycles. The molecular weight excluding hydrogens is 373 g/mol. The number of hydrogen-bond donors (Lipinski definition) is 1. The molecule has 1 aromatic carbocycles. The predicted octanol–water partition coefficient (Wildman–Crippen LogP) is 4.41. The molecule has 2 aromatic heterocycles. The summed E-state index contributed by atoms with van der Waals surface area (Å²) < 4.78 is 47.1. The van der Waals surface area contributed by atoms with Crippen LogP contribution in [-0.4, -0.2) is 28.9 Å². The maximum Gasteiger partial charge on any atom is 0.410 e. The van der Waals surface area contributed by atoms with Crippen LogP contribution in [-0.2, 0) is 0 Å². The summed E-state index contributed by atoms with van der Waals surface area (Å²) >= 11 is 0. The van der Waals surface area contributed by atoms with Crippen LogP contribution in [0.25, 0.3) is 0 Å². The fraction of sp³-hybridized carbons (Fsp3) is 0.263. The minimum absolute atomic E-state index is 0.0665. The van der Waals surface area contributed by atoms with E-state index in [1.54, 1.807) is 43.4 Å². The molecule has 2 atom stereocenters. The number of nitrogens with one attached hydrogen (secondary N) is 1. The molecule has 0 fully saturated rings. The zero-order valence-electron chi connectivity index (χ0n) is 14.8. The Morgan fingerprint density at radius 1 is 1.25 bits per heavy atom. The monoisotopic (exact) mass is 390 g/mol. The van der Waals surface area contributed by atoms with Crippen molar-refractivity contribution in [1.82, 2.24) is 9.78 Å². The first-order valence-corrected chi connectivity index (χ1v) is 8.64. The molecule has 1 amide bonds. The Morgan fingerprint density at radius 2 is 2.00 bits per heavy atom. The number of alkyl halides is 3. The second-order valence-corrected chi connectivity index (χ2v) is 6.56. The number of halogens is 3. The average Bonchev–Trinajstić information content (AvgIpc) is 3.35. The second kappa shape index (κ2) is 6.74. The highest BCUT2D eigenvalue weighted by Crippen LogP contribution is 2.43. The van der Waals surface area contributed by atoms with Gasteiger partial charge in [-0.25, -0.2) is 4.68 Å². The maximum absolute atomic E-state index is 13.7. The topological polar surface area (TPSA) is 63.3 Å². The van der Waals surface area contributed by atoms with E-state index in [1.807, 2.05) is 6.07 Å². The summed E-state index contributed by atoms with van der Waals surface area (Å²) in [5.74, 6) is 0.0288. The standard InChI is InChI=1S/C19H17F3N4O2/c1-25(12-6-3-2-4-7-12)18(27)14-11-17-23-13(15-8-5-9-28-15)10-16(19(20,21)22)26(17)24-14/h2-9,11,13,16,23H,10H2,1H3/t13-,16+/m1/s1. The van der Waals surface area contributed by atoms with Crippen LogP contribution in [0.15, 0.2) is 59.2 Å². The minimum atomic E-state index is -4.51. The number of rotatable bonds is 3. The van der Waals surface area contributed by atoms with E-state index in [-0.39, 0.29) is 17.9 Å². The smallest absolute Gasteiger partial charge is 0.410 e. The molecule has 0 saturated carbocycles. The number of anilines is 2. The molecule has 0 unspecified atom stereocenters. The van der Waals surface area contributed by atoms with E-state index in [0.717, 1.165) is 4.68 Å². The van der Waals surface area contributed by atoms with Gasteiger partial charge in [-0.2, -0.15) is 18.3 Å². The molecule has 3 heterocycles. The maximum atomic E-state index is 13.7.